The molecule has 5 rings (SSSR count). The number of benzene rings is 2. The number of nitro groups is 1. The normalized spacial score (nSPS) is 17.6. The molecule has 0 aliphatic carbocycles. The van der Waals surface area contributed by atoms with Gasteiger partial charge in [-0.05, 0) is 66.7 Å². The third-order valence-electron chi connectivity index (χ3n) is 6.12. The van der Waals surface area contributed by atoms with E-state index in [-0.39, 0.29) is 22.7 Å². The number of aryl methyl sites for hydroxylation is 1. The van der Waals surface area contributed by atoms with Gasteiger partial charge in [-0.2, -0.15) is 0 Å². The molecule has 1 saturated heterocycles. The summed E-state index contributed by atoms with van der Waals surface area (Å²) in [7, 11) is 0. The molecule has 1 N–H and O–H groups in total. The van der Waals surface area contributed by atoms with Crippen molar-refractivity contribution in [3.8, 4) is 5.69 Å². The minimum atomic E-state index is -0.378. The predicted octanol–water partition coefficient (Wildman–Crippen LogP) is 5.52. The molecule has 0 bridgehead atoms. The Hall–Kier alpha value is -4.04. The molecular weight excluding hydrogens is 446 g/mol. The second kappa shape index (κ2) is 9.07. The third kappa shape index (κ3) is 3.92. The first-order chi connectivity index (χ1) is 16.6. The lowest BCUT2D eigenvalue weighted by Gasteiger charge is -2.29. The Bertz CT molecular complexity index is 1340. The van der Waals surface area contributed by atoms with Gasteiger partial charge in [0, 0.05) is 35.9 Å². The topological polar surface area (TPSA) is 76.2 Å². The molecule has 0 saturated carbocycles. The molecule has 0 spiro atoms. The highest BCUT2D eigenvalue weighted by atomic mass is 32.1. The number of anilines is 1. The van der Waals surface area contributed by atoms with Crippen molar-refractivity contribution in [1.29, 1.82) is 0 Å². The summed E-state index contributed by atoms with van der Waals surface area (Å²) in [5.41, 5.74) is 4.81. The fraction of sp³-hybridized carbons (Fsp3) is 0.154. The van der Waals surface area contributed by atoms with Crippen molar-refractivity contribution in [2.75, 3.05) is 4.90 Å². The number of non-ortho nitro benzene ring substituents is 1. The van der Waals surface area contributed by atoms with Crippen LogP contribution in [0.2, 0.25) is 0 Å². The van der Waals surface area contributed by atoms with Crippen molar-refractivity contribution in [3.05, 3.63) is 118 Å². The van der Waals surface area contributed by atoms with E-state index < -0.39 is 0 Å². The molecular formula is C26H23N5O2S. The second-order valence-corrected chi connectivity index (χ2v) is 8.48. The highest BCUT2D eigenvalue weighted by Gasteiger charge is 2.42. The third-order valence-corrected chi connectivity index (χ3v) is 6.44. The Morgan fingerprint density at radius 2 is 1.85 bits per heavy atom. The standard InChI is InChI=1S/C26H23N5O2S/c1-2-18-11-13-19(14-12-18)30-25(24(28-26(30)34)22-9-3-4-15-27-22)23-10-6-16-29(23)20-7-5-8-21(17-20)31(32)33/h3-17,24-25H,2H2,1H3,(H,28,34)/t24-,25-/m0/s1. The number of pyridine rings is 1. The number of rotatable bonds is 6. The maximum Gasteiger partial charge on any atom is 0.271 e. The summed E-state index contributed by atoms with van der Waals surface area (Å²) in [6, 6.07) is 24.4. The van der Waals surface area contributed by atoms with Crippen LogP contribution in [0, 0.1) is 10.1 Å². The Morgan fingerprint density at radius 3 is 2.56 bits per heavy atom. The van der Waals surface area contributed by atoms with Gasteiger partial charge in [0.05, 0.1) is 22.3 Å². The highest BCUT2D eigenvalue weighted by Crippen LogP contribution is 2.42. The Labute approximate surface area is 202 Å². The quantitative estimate of drug-likeness (QED) is 0.228. The summed E-state index contributed by atoms with van der Waals surface area (Å²) in [6.45, 7) is 2.13. The maximum atomic E-state index is 11.4. The van der Waals surface area contributed by atoms with Gasteiger partial charge in [-0.25, -0.2) is 0 Å². The molecule has 1 aliphatic heterocycles. The lowest BCUT2D eigenvalue weighted by molar-refractivity contribution is -0.384. The molecule has 2 aromatic heterocycles. The molecule has 1 aliphatic rings. The molecule has 2 atom stereocenters. The molecule has 2 aromatic carbocycles. The first kappa shape index (κ1) is 21.8. The van der Waals surface area contributed by atoms with Crippen LogP contribution in [0.5, 0.6) is 0 Å². The van der Waals surface area contributed by atoms with Crippen molar-refractivity contribution in [2.24, 2.45) is 0 Å². The molecule has 34 heavy (non-hydrogen) atoms. The van der Waals surface area contributed by atoms with Crippen LogP contribution >= 0.6 is 12.2 Å². The zero-order chi connectivity index (χ0) is 23.7. The van der Waals surface area contributed by atoms with Gasteiger partial charge in [0.1, 0.15) is 6.04 Å². The van der Waals surface area contributed by atoms with E-state index in [4.69, 9.17) is 12.2 Å². The van der Waals surface area contributed by atoms with E-state index in [1.807, 2.05) is 47.2 Å². The summed E-state index contributed by atoms with van der Waals surface area (Å²) < 4.78 is 1.98. The largest absolute Gasteiger partial charge is 0.351 e. The smallest absolute Gasteiger partial charge is 0.271 e. The van der Waals surface area contributed by atoms with Crippen LogP contribution < -0.4 is 10.2 Å². The Kier molecular flexibility index (Phi) is 5.81. The van der Waals surface area contributed by atoms with Crippen molar-refractivity contribution in [2.45, 2.75) is 25.4 Å². The van der Waals surface area contributed by atoms with Crippen LogP contribution in [-0.2, 0) is 6.42 Å². The number of hydrogen-bond donors (Lipinski definition) is 1. The molecule has 7 nitrogen and oxygen atoms in total. The van der Waals surface area contributed by atoms with E-state index >= 15 is 0 Å². The van der Waals surface area contributed by atoms with Crippen LogP contribution in [0.1, 0.15) is 36.0 Å². The SMILES string of the molecule is CCc1ccc(N2C(=S)N[C@@H](c3ccccn3)[C@@H]2c2cccn2-c2cccc([N+](=O)[O-])c2)cc1. The summed E-state index contributed by atoms with van der Waals surface area (Å²) in [6.07, 6.45) is 4.65. The van der Waals surface area contributed by atoms with Gasteiger partial charge >= 0.3 is 0 Å². The average Bonchev–Trinajstić information content (AvgIpc) is 3.49. The van der Waals surface area contributed by atoms with Crippen molar-refractivity contribution in [3.63, 3.8) is 0 Å². The lowest BCUT2D eigenvalue weighted by Crippen LogP contribution is -2.30. The number of nitro benzene ring substituents is 1. The van der Waals surface area contributed by atoms with Crippen LogP contribution in [0.3, 0.4) is 0 Å². The van der Waals surface area contributed by atoms with Gasteiger partial charge < -0.3 is 14.8 Å². The van der Waals surface area contributed by atoms with Gasteiger partial charge in [-0.3, -0.25) is 15.1 Å². The molecule has 3 heterocycles. The van der Waals surface area contributed by atoms with Crippen LogP contribution in [0.15, 0.2) is 91.3 Å². The zero-order valence-electron chi connectivity index (χ0n) is 18.5. The van der Waals surface area contributed by atoms with Gasteiger partial charge in [-0.15, -0.1) is 0 Å². The van der Waals surface area contributed by atoms with Gasteiger partial charge in [0.2, 0.25) is 0 Å². The van der Waals surface area contributed by atoms with Crippen molar-refractivity contribution < 1.29 is 4.92 Å². The van der Waals surface area contributed by atoms with E-state index in [0.717, 1.165) is 23.5 Å². The first-order valence-electron chi connectivity index (χ1n) is 11.1. The van der Waals surface area contributed by atoms with Gasteiger partial charge in [-0.1, -0.05) is 31.2 Å². The Morgan fingerprint density at radius 1 is 1.03 bits per heavy atom. The average molecular weight is 470 g/mol. The van der Waals surface area contributed by atoms with Crippen molar-refractivity contribution in [1.82, 2.24) is 14.9 Å². The zero-order valence-corrected chi connectivity index (χ0v) is 19.4. The van der Waals surface area contributed by atoms with E-state index in [9.17, 15) is 10.1 Å². The van der Waals surface area contributed by atoms with Crippen molar-refractivity contribution >= 4 is 28.7 Å². The van der Waals surface area contributed by atoms with E-state index in [0.29, 0.717) is 10.8 Å². The monoisotopic (exact) mass is 469 g/mol. The van der Waals surface area contributed by atoms with Gasteiger partial charge in [0.15, 0.2) is 5.11 Å². The van der Waals surface area contributed by atoms with E-state index in [1.54, 1.807) is 18.3 Å². The number of nitrogens with one attached hydrogen (secondary N) is 1. The fourth-order valence-corrected chi connectivity index (χ4v) is 4.80. The molecule has 0 radical (unpaired) electrons. The molecule has 0 amide bonds. The van der Waals surface area contributed by atoms with Crippen LogP contribution in [-0.4, -0.2) is 19.6 Å². The number of aromatic nitrogens is 2. The number of nitrogens with zero attached hydrogens (tertiary/aromatic N) is 4. The summed E-state index contributed by atoms with van der Waals surface area (Å²) in [5.74, 6) is 0. The first-order valence-corrected chi connectivity index (χ1v) is 11.5. The number of thiocarbonyl (C=S) groups is 1. The Balaban J connectivity index is 1.65. The second-order valence-electron chi connectivity index (χ2n) is 8.10. The molecule has 8 heteroatoms. The molecule has 1 fully saturated rings. The minimum absolute atomic E-state index is 0.0468. The molecule has 170 valence electrons. The van der Waals surface area contributed by atoms with E-state index in [1.165, 1.54) is 11.6 Å². The number of hydrogen-bond acceptors (Lipinski definition) is 4. The predicted molar refractivity (Wildman–Crippen MR) is 136 cm³/mol. The van der Waals surface area contributed by atoms with Crippen LogP contribution in [0.4, 0.5) is 11.4 Å². The van der Waals surface area contributed by atoms with Crippen LogP contribution in [0.25, 0.3) is 5.69 Å². The molecule has 0 unspecified atom stereocenters. The maximum absolute atomic E-state index is 11.4. The van der Waals surface area contributed by atoms with Gasteiger partial charge in [0.25, 0.3) is 5.69 Å². The highest BCUT2D eigenvalue weighted by molar-refractivity contribution is 7.80. The lowest BCUT2D eigenvalue weighted by atomic mass is 10.0. The minimum Gasteiger partial charge on any atom is -0.351 e. The summed E-state index contributed by atoms with van der Waals surface area (Å²) in [4.78, 5) is 17.7. The molecule has 4 aromatic rings. The van der Waals surface area contributed by atoms with E-state index in [2.05, 4.69) is 46.4 Å². The summed E-state index contributed by atoms with van der Waals surface area (Å²) >= 11 is 5.82. The summed E-state index contributed by atoms with van der Waals surface area (Å²) in [5, 5.41) is 15.5. The fourth-order valence-electron chi connectivity index (χ4n) is 4.45.